The van der Waals surface area contributed by atoms with E-state index in [1.165, 1.54) is 12.1 Å². The van der Waals surface area contributed by atoms with Crippen LogP contribution in [-0.2, 0) is 41.8 Å². The lowest BCUT2D eigenvalue weighted by atomic mass is 10.0. The molecule has 14 heteroatoms. The van der Waals surface area contributed by atoms with Gasteiger partial charge < -0.3 is 20.2 Å². The molecule has 0 spiro atoms. The van der Waals surface area contributed by atoms with Crippen LogP contribution in [0.5, 0.6) is 0 Å². The van der Waals surface area contributed by atoms with E-state index >= 15 is 0 Å². The van der Waals surface area contributed by atoms with Gasteiger partial charge in [-0.15, -0.1) is 11.8 Å². The summed E-state index contributed by atoms with van der Waals surface area (Å²) in [7, 11) is 0. The number of aliphatic hydroxyl groups excluding tert-OH is 1. The van der Waals surface area contributed by atoms with E-state index in [0.29, 0.717) is 50.3 Å². The second-order valence-corrected chi connectivity index (χ2v) is 14.3. The monoisotopic (exact) mass is 702 g/mol. The number of halogens is 3. The molecule has 1 unspecified atom stereocenters. The molecule has 2 fully saturated rings. The van der Waals surface area contributed by atoms with Crippen LogP contribution in [0.2, 0.25) is 0 Å². The van der Waals surface area contributed by atoms with Gasteiger partial charge in [0.1, 0.15) is 0 Å². The number of likely N-dealkylation sites (tertiary alicyclic amines) is 2. The number of thioether (sulfide) groups is 1. The molecule has 4 heterocycles. The molecule has 48 heavy (non-hydrogen) atoms. The summed E-state index contributed by atoms with van der Waals surface area (Å²) in [5.74, 6) is -0.290. The molecule has 1 atom stereocenters. The molecule has 3 aliphatic rings. The van der Waals surface area contributed by atoms with Gasteiger partial charge in [-0.2, -0.15) is 18.3 Å². The van der Waals surface area contributed by atoms with Crippen molar-refractivity contribution in [1.82, 2.24) is 29.2 Å². The van der Waals surface area contributed by atoms with Gasteiger partial charge >= 0.3 is 6.18 Å². The molecule has 0 saturated carbocycles. The maximum absolute atomic E-state index is 14.1. The Morgan fingerprint density at radius 3 is 2.54 bits per heavy atom. The van der Waals surface area contributed by atoms with Crippen LogP contribution in [0.1, 0.15) is 48.1 Å². The van der Waals surface area contributed by atoms with E-state index in [1.807, 2.05) is 39.5 Å². The number of amides is 2. The summed E-state index contributed by atoms with van der Waals surface area (Å²) >= 11 is 5.40. The van der Waals surface area contributed by atoms with Crippen molar-refractivity contribution < 1.29 is 27.9 Å². The first-order chi connectivity index (χ1) is 23.0. The van der Waals surface area contributed by atoms with Crippen LogP contribution in [0, 0.1) is 0 Å². The van der Waals surface area contributed by atoms with Gasteiger partial charge in [0.25, 0.3) is 0 Å². The summed E-state index contributed by atoms with van der Waals surface area (Å²) in [6.45, 7) is 4.59. The number of hydrogen-bond donors (Lipinski definition) is 3. The van der Waals surface area contributed by atoms with Crippen LogP contribution in [0.4, 0.5) is 13.2 Å². The van der Waals surface area contributed by atoms with E-state index in [2.05, 4.69) is 23.0 Å². The molecule has 0 aliphatic carbocycles. The van der Waals surface area contributed by atoms with E-state index in [1.54, 1.807) is 4.68 Å². The van der Waals surface area contributed by atoms with Crippen molar-refractivity contribution in [2.24, 2.45) is 0 Å². The van der Waals surface area contributed by atoms with Gasteiger partial charge in [-0.05, 0) is 37.0 Å². The van der Waals surface area contributed by atoms with Gasteiger partial charge in [0.2, 0.25) is 11.8 Å². The number of fused-ring (bicyclic) bond motifs is 1. The van der Waals surface area contributed by atoms with Crippen molar-refractivity contribution in [2.75, 3.05) is 38.5 Å². The highest BCUT2D eigenvalue weighted by Crippen LogP contribution is 2.40. The first-order valence-electron chi connectivity index (χ1n) is 16.4. The second-order valence-electron chi connectivity index (χ2n) is 12.7. The number of carbonyl (C=O) groups excluding carboxylic acids is 2. The van der Waals surface area contributed by atoms with Crippen molar-refractivity contribution in [3.8, 4) is 11.3 Å². The molecule has 2 aromatic carbocycles. The molecule has 2 saturated heterocycles. The van der Waals surface area contributed by atoms with Crippen LogP contribution in [0.25, 0.3) is 11.3 Å². The van der Waals surface area contributed by atoms with Crippen LogP contribution in [0.15, 0.2) is 53.4 Å². The molecular formula is C34H41F3N6O3S2. The lowest BCUT2D eigenvalue weighted by Crippen LogP contribution is -2.47. The average molecular weight is 703 g/mol. The molecule has 3 aliphatic heterocycles. The van der Waals surface area contributed by atoms with Gasteiger partial charge in [-0.3, -0.25) is 14.3 Å². The summed E-state index contributed by atoms with van der Waals surface area (Å²) in [6, 6.07) is 13.5. The zero-order valence-electron chi connectivity index (χ0n) is 26.7. The molecular weight excluding hydrogens is 662 g/mol. The Labute approximate surface area is 288 Å². The highest BCUT2D eigenvalue weighted by atomic mass is 32.2. The normalized spacial score (nSPS) is 18.7. The highest BCUT2D eigenvalue weighted by Gasteiger charge is 2.35. The zero-order valence-corrected chi connectivity index (χ0v) is 28.4. The summed E-state index contributed by atoms with van der Waals surface area (Å²) in [6.07, 6.45) is -1.31. The first kappa shape index (κ1) is 34.8. The number of nitrogens with zero attached hydrogens (tertiary/aromatic N) is 5. The number of aromatic nitrogens is 2. The predicted molar refractivity (Wildman–Crippen MR) is 181 cm³/mol. The van der Waals surface area contributed by atoms with Gasteiger partial charge in [0, 0.05) is 86.4 Å². The minimum absolute atomic E-state index is 0.0456. The maximum atomic E-state index is 14.1. The Kier molecular flexibility index (Phi) is 11.1. The largest absolute Gasteiger partial charge is 0.417 e. The molecule has 6 rings (SSSR count). The number of nitrogens with one attached hydrogen (secondary N) is 1. The standard InChI is InChI=1S/C34H41F3N6O3S2/c35-34(36,37)28-9-8-24(17-30(28)48-22-31(45)38-18-23-5-2-1-3-6-23)33-27-21-41(47)16-12-29(27)43(39-33)20-26(44)19-40-14-10-25(11-15-40)42-13-4-7-32(42)46/h1-3,5-6,8-9,17,25-26,44,47H,4,7,10-16,18-22H2,(H,38,45). The molecule has 3 aromatic rings. The van der Waals surface area contributed by atoms with Gasteiger partial charge in [0.15, 0.2) is 0 Å². The number of alkyl halides is 3. The lowest BCUT2D eigenvalue weighted by Gasteiger charge is -2.37. The Bertz CT molecular complexity index is 1600. The Morgan fingerprint density at radius 2 is 1.83 bits per heavy atom. The third kappa shape index (κ3) is 8.39. The Morgan fingerprint density at radius 1 is 1.06 bits per heavy atom. The molecule has 258 valence electrons. The number of carbonyl (C=O) groups is 2. The molecule has 0 bridgehead atoms. The summed E-state index contributed by atoms with van der Waals surface area (Å²) < 4.78 is 45.8. The lowest BCUT2D eigenvalue weighted by molar-refractivity contribution is -0.139. The van der Waals surface area contributed by atoms with Crippen LogP contribution in [0.3, 0.4) is 0 Å². The van der Waals surface area contributed by atoms with E-state index in [4.69, 9.17) is 5.10 Å². The second kappa shape index (κ2) is 15.2. The number of benzene rings is 2. The maximum Gasteiger partial charge on any atom is 0.417 e. The van der Waals surface area contributed by atoms with Crippen LogP contribution >= 0.6 is 24.6 Å². The number of thiol groups is 1. The van der Waals surface area contributed by atoms with Crippen LogP contribution < -0.4 is 5.32 Å². The van der Waals surface area contributed by atoms with Crippen molar-refractivity contribution >= 4 is 36.4 Å². The Balaban J connectivity index is 1.15. The first-order valence-corrected chi connectivity index (χ1v) is 17.8. The molecule has 2 N–H and O–H groups in total. The van der Waals surface area contributed by atoms with Gasteiger partial charge in [0.05, 0.1) is 29.7 Å². The fourth-order valence-electron chi connectivity index (χ4n) is 6.90. The topological polar surface area (TPSA) is 93.9 Å². The van der Waals surface area contributed by atoms with Crippen molar-refractivity contribution in [1.29, 1.82) is 0 Å². The summed E-state index contributed by atoms with van der Waals surface area (Å²) in [4.78, 5) is 29.0. The minimum Gasteiger partial charge on any atom is -0.390 e. The van der Waals surface area contributed by atoms with Gasteiger partial charge in [-0.25, -0.2) is 4.31 Å². The summed E-state index contributed by atoms with van der Waals surface area (Å²) in [5.41, 5.74) is 2.98. The summed E-state index contributed by atoms with van der Waals surface area (Å²) in [5, 5.41) is 18.8. The third-order valence-corrected chi connectivity index (χ3v) is 10.7. The average Bonchev–Trinajstić information content (AvgIpc) is 3.65. The quantitative estimate of drug-likeness (QED) is 0.198. The van der Waals surface area contributed by atoms with Crippen LogP contribution in [-0.4, -0.2) is 91.4 Å². The fraction of sp³-hybridized carbons (Fsp3) is 0.500. The third-order valence-electron chi connectivity index (χ3n) is 9.33. The number of rotatable bonds is 11. The smallest absolute Gasteiger partial charge is 0.390 e. The van der Waals surface area contributed by atoms with Crippen molar-refractivity contribution in [3.63, 3.8) is 0 Å². The number of hydrogen-bond acceptors (Lipinski definition) is 8. The highest BCUT2D eigenvalue weighted by molar-refractivity contribution is 8.00. The van der Waals surface area contributed by atoms with E-state index in [0.717, 1.165) is 73.5 Å². The number of β-amino-alcohol motifs (C(OH)–C–C–N with tert-alkyl or cyclic N) is 1. The van der Waals surface area contributed by atoms with Crippen molar-refractivity contribution in [2.45, 2.75) is 75.0 Å². The SMILES string of the molecule is O=C(CSc1cc(-c2nn(CC(O)CN3CCC(N4CCCC4=O)CC3)c3c2CN(S)CC3)ccc1C(F)(F)F)NCc1ccccc1. The minimum atomic E-state index is -4.59. The molecule has 0 radical (unpaired) electrons. The van der Waals surface area contributed by atoms with E-state index in [-0.39, 0.29) is 35.0 Å². The molecule has 9 nitrogen and oxygen atoms in total. The van der Waals surface area contributed by atoms with Crippen molar-refractivity contribution in [3.05, 3.63) is 70.9 Å². The van der Waals surface area contributed by atoms with E-state index in [9.17, 15) is 27.9 Å². The Hall–Kier alpha value is -3.04. The molecule has 2 amide bonds. The number of piperidine rings is 1. The molecule has 1 aromatic heterocycles. The fourth-order valence-corrected chi connectivity index (χ4v) is 8.08. The zero-order chi connectivity index (χ0) is 33.8. The van der Waals surface area contributed by atoms with Gasteiger partial charge in [-0.1, -0.05) is 49.2 Å². The predicted octanol–water partition coefficient (Wildman–Crippen LogP) is 4.63. The number of aliphatic hydroxyl groups is 1. The van der Waals surface area contributed by atoms with E-state index < -0.39 is 17.8 Å².